The number of aromatic nitrogens is 3. The van der Waals surface area contributed by atoms with Crippen molar-refractivity contribution >= 4 is 45.7 Å². The average Bonchev–Trinajstić information content (AvgIpc) is 3.41. The maximum atomic E-state index is 13.3. The number of nitrogens with one attached hydrogen (secondary N) is 1. The van der Waals surface area contributed by atoms with Crippen LogP contribution in [-0.4, -0.2) is 44.9 Å². The number of hydrogen-bond acceptors (Lipinski definition) is 6. The van der Waals surface area contributed by atoms with Crippen LogP contribution >= 0.6 is 22.9 Å². The summed E-state index contributed by atoms with van der Waals surface area (Å²) in [5.74, 6) is 0.676. The lowest BCUT2D eigenvalue weighted by Gasteiger charge is -2.17. The Morgan fingerprint density at radius 3 is 2.84 bits per heavy atom. The predicted octanol–water partition coefficient (Wildman–Crippen LogP) is 5.04. The van der Waals surface area contributed by atoms with E-state index in [9.17, 15) is 4.79 Å². The van der Waals surface area contributed by atoms with Crippen LogP contribution in [0.25, 0.3) is 21.5 Å². The molecule has 1 fully saturated rings. The van der Waals surface area contributed by atoms with Gasteiger partial charge < -0.3 is 10.2 Å². The van der Waals surface area contributed by atoms with Crippen LogP contribution in [0.5, 0.6) is 0 Å². The van der Waals surface area contributed by atoms with Crippen LogP contribution in [-0.2, 0) is 0 Å². The summed E-state index contributed by atoms with van der Waals surface area (Å²) in [6.45, 7) is 3.22. The molecule has 156 valence electrons. The minimum atomic E-state index is -0.0215. The SMILES string of the molecule is Cc1nc(C(=O)N2CC[C@@H](Nc3cnc4cc(Cl)ccc4n3)C2)c(-c2ccccc2)s1. The van der Waals surface area contributed by atoms with Gasteiger partial charge in [0.05, 0.1) is 27.1 Å². The van der Waals surface area contributed by atoms with Crippen molar-refractivity contribution in [2.45, 2.75) is 19.4 Å². The number of anilines is 1. The molecule has 1 saturated heterocycles. The maximum Gasteiger partial charge on any atom is 0.274 e. The highest BCUT2D eigenvalue weighted by Crippen LogP contribution is 2.31. The quantitative estimate of drug-likeness (QED) is 0.472. The van der Waals surface area contributed by atoms with Gasteiger partial charge in [-0.3, -0.25) is 9.78 Å². The molecule has 0 spiro atoms. The van der Waals surface area contributed by atoms with Gasteiger partial charge in [-0.15, -0.1) is 11.3 Å². The van der Waals surface area contributed by atoms with Crippen molar-refractivity contribution in [3.8, 4) is 10.4 Å². The Morgan fingerprint density at radius 1 is 1.16 bits per heavy atom. The summed E-state index contributed by atoms with van der Waals surface area (Å²) < 4.78 is 0. The zero-order chi connectivity index (χ0) is 21.4. The van der Waals surface area contributed by atoms with Crippen LogP contribution in [0.4, 0.5) is 5.82 Å². The van der Waals surface area contributed by atoms with Crippen LogP contribution in [0.1, 0.15) is 21.9 Å². The number of likely N-dealkylation sites (tertiary alicyclic amines) is 1. The fourth-order valence-electron chi connectivity index (χ4n) is 3.83. The Kier molecular flexibility index (Phi) is 5.29. The Morgan fingerprint density at radius 2 is 2.00 bits per heavy atom. The number of carbonyl (C=O) groups is 1. The first-order valence-corrected chi connectivity index (χ1v) is 11.3. The molecule has 8 heteroatoms. The number of hydrogen-bond donors (Lipinski definition) is 1. The van der Waals surface area contributed by atoms with Crippen molar-refractivity contribution in [3.05, 3.63) is 70.5 Å². The molecular weight excluding hydrogens is 430 g/mol. The maximum absolute atomic E-state index is 13.3. The lowest BCUT2D eigenvalue weighted by molar-refractivity contribution is 0.0787. The second-order valence-electron chi connectivity index (χ2n) is 7.55. The number of amides is 1. The first kappa shape index (κ1) is 19.9. The fraction of sp³-hybridized carbons (Fsp3) is 0.217. The van der Waals surface area contributed by atoms with Gasteiger partial charge >= 0.3 is 0 Å². The van der Waals surface area contributed by atoms with Crippen molar-refractivity contribution in [2.24, 2.45) is 0 Å². The molecule has 2 aromatic heterocycles. The van der Waals surface area contributed by atoms with E-state index < -0.39 is 0 Å². The molecule has 2 aromatic carbocycles. The van der Waals surface area contributed by atoms with Crippen molar-refractivity contribution in [1.29, 1.82) is 0 Å². The molecule has 4 aromatic rings. The van der Waals surface area contributed by atoms with E-state index in [0.29, 0.717) is 29.6 Å². The molecule has 1 atom stereocenters. The Labute approximate surface area is 188 Å². The molecule has 1 N–H and O–H groups in total. The number of halogens is 1. The zero-order valence-corrected chi connectivity index (χ0v) is 18.5. The third-order valence-corrected chi connectivity index (χ3v) is 6.56. The lowest BCUT2D eigenvalue weighted by atomic mass is 10.1. The van der Waals surface area contributed by atoms with Crippen LogP contribution in [0, 0.1) is 6.92 Å². The third kappa shape index (κ3) is 4.11. The topological polar surface area (TPSA) is 71.0 Å². The zero-order valence-electron chi connectivity index (χ0n) is 16.9. The van der Waals surface area contributed by atoms with Crippen molar-refractivity contribution in [3.63, 3.8) is 0 Å². The molecule has 0 saturated carbocycles. The minimum Gasteiger partial charge on any atom is -0.364 e. The summed E-state index contributed by atoms with van der Waals surface area (Å²) in [7, 11) is 0. The van der Waals surface area contributed by atoms with E-state index in [1.165, 1.54) is 0 Å². The Hall–Kier alpha value is -3.03. The Balaban J connectivity index is 1.31. The monoisotopic (exact) mass is 449 g/mol. The van der Waals surface area contributed by atoms with Gasteiger partial charge in [-0.05, 0) is 37.1 Å². The van der Waals surface area contributed by atoms with Gasteiger partial charge in [0.1, 0.15) is 11.5 Å². The molecule has 0 bridgehead atoms. The first-order chi connectivity index (χ1) is 15.1. The number of aryl methyl sites for hydroxylation is 1. The molecule has 1 amide bonds. The molecule has 1 aliphatic heterocycles. The summed E-state index contributed by atoms with van der Waals surface area (Å²) in [5.41, 5.74) is 3.10. The highest BCUT2D eigenvalue weighted by atomic mass is 35.5. The number of nitrogens with zero attached hydrogens (tertiary/aromatic N) is 4. The van der Waals surface area contributed by atoms with E-state index in [0.717, 1.165) is 32.9 Å². The van der Waals surface area contributed by atoms with Crippen molar-refractivity contribution in [1.82, 2.24) is 19.9 Å². The molecule has 3 heterocycles. The largest absolute Gasteiger partial charge is 0.364 e. The molecule has 0 unspecified atom stereocenters. The summed E-state index contributed by atoms with van der Waals surface area (Å²) in [4.78, 5) is 29.7. The molecule has 1 aliphatic rings. The van der Waals surface area contributed by atoms with E-state index in [1.54, 1.807) is 29.7 Å². The van der Waals surface area contributed by atoms with Crippen LogP contribution in [0.2, 0.25) is 5.02 Å². The highest BCUT2D eigenvalue weighted by molar-refractivity contribution is 7.15. The molecule has 31 heavy (non-hydrogen) atoms. The number of carbonyl (C=O) groups excluding carboxylic acids is 1. The summed E-state index contributed by atoms with van der Waals surface area (Å²) in [6, 6.07) is 15.5. The molecule has 5 rings (SSSR count). The highest BCUT2D eigenvalue weighted by Gasteiger charge is 2.30. The molecular formula is C23H20ClN5OS. The van der Waals surface area contributed by atoms with Gasteiger partial charge in [0.15, 0.2) is 0 Å². The number of benzene rings is 2. The summed E-state index contributed by atoms with van der Waals surface area (Å²) in [6.07, 6.45) is 2.55. The van der Waals surface area contributed by atoms with E-state index >= 15 is 0 Å². The van der Waals surface area contributed by atoms with Gasteiger partial charge in [0, 0.05) is 24.2 Å². The Bertz CT molecular complexity index is 1260. The second-order valence-corrected chi connectivity index (χ2v) is 9.19. The van der Waals surface area contributed by atoms with Gasteiger partial charge in [-0.2, -0.15) is 0 Å². The van der Waals surface area contributed by atoms with E-state index in [1.807, 2.05) is 48.2 Å². The minimum absolute atomic E-state index is 0.0215. The predicted molar refractivity (Wildman–Crippen MR) is 125 cm³/mol. The number of rotatable bonds is 4. The number of thiazole rings is 1. The van der Waals surface area contributed by atoms with Gasteiger partial charge in [-0.1, -0.05) is 41.9 Å². The van der Waals surface area contributed by atoms with E-state index in [-0.39, 0.29) is 11.9 Å². The first-order valence-electron chi connectivity index (χ1n) is 10.1. The second kappa shape index (κ2) is 8.24. The van der Waals surface area contributed by atoms with E-state index in [2.05, 4.69) is 20.3 Å². The lowest BCUT2D eigenvalue weighted by Crippen LogP contribution is -2.32. The van der Waals surface area contributed by atoms with Crippen LogP contribution in [0.15, 0.2) is 54.7 Å². The molecule has 6 nitrogen and oxygen atoms in total. The summed E-state index contributed by atoms with van der Waals surface area (Å²) >= 11 is 7.58. The van der Waals surface area contributed by atoms with E-state index in [4.69, 9.17) is 11.6 Å². The third-order valence-electron chi connectivity index (χ3n) is 5.30. The van der Waals surface area contributed by atoms with Crippen LogP contribution < -0.4 is 5.32 Å². The normalized spacial score (nSPS) is 16.1. The van der Waals surface area contributed by atoms with Crippen LogP contribution in [0.3, 0.4) is 0 Å². The van der Waals surface area contributed by atoms with Crippen molar-refractivity contribution < 1.29 is 4.79 Å². The smallest absolute Gasteiger partial charge is 0.274 e. The fourth-order valence-corrected chi connectivity index (χ4v) is 4.91. The van der Waals surface area contributed by atoms with Crippen molar-refractivity contribution in [2.75, 3.05) is 18.4 Å². The molecule has 0 aliphatic carbocycles. The number of fused-ring (bicyclic) bond motifs is 1. The molecule has 0 radical (unpaired) electrons. The van der Waals surface area contributed by atoms with Gasteiger partial charge in [-0.25, -0.2) is 9.97 Å². The summed E-state index contributed by atoms with van der Waals surface area (Å²) in [5, 5.41) is 4.95. The van der Waals surface area contributed by atoms with Gasteiger partial charge in [0.25, 0.3) is 5.91 Å². The average molecular weight is 450 g/mol. The van der Waals surface area contributed by atoms with Gasteiger partial charge in [0.2, 0.25) is 0 Å². The standard InChI is InChI=1S/C23H20ClN5OS/c1-14-26-21(22(31-14)15-5-3-2-4-6-15)23(30)29-10-9-17(13-29)27-20-12-25-19-11-16(24)7-8-18(19)28-20/h2-8,11-12,17H,9-10,13H2,1H3,(H,27,28)/t17-/m1/s1.